The first-order valence-electron chi connectivity index (χ1n) is 11.6. The van der Waals surface area contributed by atoms with Crippen molar-refractivity contribution in [1.82, 2.24) is 15.1 Å². The van der Waals surface area contributed by atoms with Crippen LogP contribution in [0.4, 0.5) is 9.59 Å². The number of esters is 1. The minimum absolute atomic E-state index is 0.275. The highest BCUT2D eigenvalue weighted by Gasteiger charge is 2.39. The molecule has 0 saturated carbocycles. The summed E-state index contributed by atoms with van der Waals surface area (Å²) in [6.07, 6.45) is -0.0279. The molecule has 1 aliphatic rings. The van der Waals surface area contributed by atoms with Gasteiger partial charge in [0.05, 0.1) is 13.2 Å². The van der Waals surface area contributed by atoms with Gasteiger partial charge >= 0.3 is 18.2 Å². The molecule has 0 aliphatic carbocycles. The lowest BCUT2D eigenvalue weighted by Gasteiger charge is -2.41. The fourth-order valence-corrected chi connectivity index (χ4v) is 3.69. The number of hydrogen-bond donors (Lipinski definition) is 1. The number of amides is 2. The van der Waals surface area contributed by atoms with Crippen LogP contribution in [0.15, 0.2) is 30.3 Å². The number of hydrogen-bond acceptors (Lipinski definition) is 8. The number of rotatable bonds is 8. The molecular formula is C25H37N3O7. The van der Waals surface area contributed by atoms with E-state index in [9.17, 15) is 19.2 Å². The molecule has 2 unspecified atom stereocenters. The number of nitrogens with zero attached hydrogens (tertiary/aromatic N) is 2. The van der Waals surface area contributed by atoms with E-state index in [-0.39, 0.29) is 6.54 Å². The van der Waals surface area contributed by atoms with E-state index in [1.54, 1.807) is 51.1 Å². The highest BCUT2D eigenvalue weighted by Crippen LogP contribution is 2.26. The molecule has 10 nitrogen and oxygen atoms in total. The molecule has 1 fully saturated rings. The van der Waals surface area contributed by atoms with Crippen molar-refractivity contribution in [3.8, 4) is 5.75 Å². The summed E-state index contributed by atoms with van der Waals surface area (Å²) in [4.78, 5) is 52.5. The molecule has 0 bridgehead atoms. The van der Waals surface area contributed by atoms with Gasteiger partial charge in [0.25, 0.3) is 0 Å². The number of para-hydroxylation sites is 1. The zero-order valence-corrected chi connectivity index (χ0v) is 21.4. The Morgan fingerprint density at radius 1 is 1.11 bits per heavy atom. The van der Waals surface area contributed by atoms with E-state index < -0.39 is 41.3 Å². The van der Waals surface area contributed by atoms with Gasteiger partial charge in [-0.15, -0.1) is 0 Å². The van der Waals surface area contributed by atoms with E-state index in [0.29, 0.717) is 38.1 Å². The van der Waals surface area contributed by atoms with Gasteiger partial charge in [-0.1, -0.05) is 32.0 Å². The third kappa shape index (κ3) is 8.54. The highest BCUT2D eigenvalue weighted by molar-refractivity contribution is 5.82. The minimum Gasteiger partial charge on any atom is -0.467 e. The maximum atomic E-state index is 12.6. The minimum atomic E-state index is -0.799. The number of nitrogens with one attached hydrogen (secondary N) is 1. The number of methoxy groups -OCH3 is 1. The molecule has 1 heterocycles. The van der Waals surface area contributed by atoms with Crippen LogP contribution in [0.5, 0.6) is 5.75 Å². The Morgan fingerprint density at radius 3 is 2.34 bits per heavy atom. The van der Waals surface area contributed by atoms with Gasteiger partial charge in [0.1, 0.15) is 23.7 Å². The Balaban J connectivity index is 1.97. The molecule has 194 valence electrons. The van der Waals surface area contributed by atoms with Gasteiger partial charge in [-0.2, -0.15) is 0 Å². The molecule has 0 spiro atoms. The monoisotopic (exact) mass is 491 g/mol. The quantitative estimate of drug-likeness (QED) is 0.436. The van der Waals surface area contributed by atoms with E-state index in [1.807, 2.05) is 18.7 Å². The SMILES string of the molecule is COC(=O)C1CN(CCC(C)(C)C(C=O)NC(=O)Oc2ccccc2)CCN1C(=O)OC(C)(C)C. The van der Waals surface area contributed by atoms with Crippen molar-refractivity contribution in [1.29, 1.82) is 0 Å². The fourth-order valence-electron chi connectivity index (χ4n) is 3.69. The number of benzene rings is 1. The van der Waals surface area contributed by atoms with Crippen LogP contribution in [-0.4, -0.2) is 85.2 Å². The molecule has 10 heteroatoms. The third-order valence-corrected chi connectivity index (χ3v) is 5.84. The van der Waals surface area contributed by atoms with Crippen LogP contribution in [0, 0.1) is 5.41 Å². The summed E-state index contributed by atoms with van der Waals surface area (Å²) in [6.45, 7) is 10.7. The van der Waals surface area contributed by atoms with Gasteiger partial charge in [0, 0.05) is 19.6 Å². The highest BCUT2D eigenvalue weighted by atomic mass is 16.6. The van der Waals surface area contributed by atoms with Gasteiger partial charge in [0.2, 0.25) is 0 Å². The molecule has 0 radical (unpaired) electrons. The number of carbonyl (C=O) groups excluding carboxylic acids is 4. The molecule has 1 aromatic carbocycles. The summed E-state index contributed by atoms with van der Waals surface area (Å²) >= 11 is 0. The van der Waals surface area contributed by atoms with Gasteiger partial charge in [0.15, 0.2) is 0 Å². The van der Waals surface area contributed by atoms with E-state index in [2.05, 4.69) is 5.32 Å². The zero-order valence-electron chi connectivity index (χ0n) is 21.4. The Kier molecular flexibility index (Phi) is 9.64. The van der Waals surface area contributed by atoms with E-state index in [0.717, 1.165) is 0 Å². The van der Waals surface area contributed by atoms with Crippen molar-refractivity contribution < 1.29 is 33.4 Å². The van der Waals surface area contributed by atoms with Crippen molar-refractivity contribution in [2.24, 2.45) is 5.41 Å². The van der Waals surface area contributed by atoms with Crippen LogP contribution in [-0.2, 0) is 19.1 Å². The molecule has 1 saturated heterocycles. The largest absolute Gasteiger partial charge is 0.467 e. The second-order valence-electron chi connectivity index (χ2n) is 10.2. The lowest BCUT2D eigenvalue weighted by molar-refractivity contribution is -0.149. The smallest absolute Gasteiger partial charge is 0.413 e. The van der Waals surface area contributed by atoms with Crippen molar-refractivity contribution in [2.45, 2.75) is 58.7 Å². The number of carbonyl (C=O) groups is 4. The maximum Gasteiger partial charge on any atom is 0.413 e. The second-order valence-corrected chi connectivity index (χ2v) is 10.2. The molecule has 35 heavy (non-hydrogen) atoms. The van der Waals surface area contributed by atoms with Crippen LogP contribution >= 0.6 is 0 Å². The molecule has 1 N–H and O–H groups in total. The Hall–Kier alpha value is -3.14. The fraction of sp³-hybridized carbons (Fsp3) is 0.600. The number of ether oxygens (including phenoxy) is 3. The van der Waals surface area contributed by atoms with E-state index in [1.165, 1.54) is 12.0 Å². The number of aldehydes is 1. The van der Waals surface area contributed by atoms with Crippen LogP contribution < -0.4 is 10.1 Å². The van der Waals surface area contributed by atoms with Crippen LogP contribution in [0.25, 0.3) is 0 Å². The zero-order chi connectivity index (χ0) is 26.2. The van der Waals surface area contributed by atoms with Gasteiger partial charge in [-0.25, -0.2) is 14.4 Å². The van der Waals surface area contributed by atoms with Gasteiger partial charge in [-0.05, 0) is 51.3 Å². The second kappa shape index (κ2) is 12.0. The lowest BCUT2D eigenvalue weighted by Crippen LogP contribution is -2.59. The van der Waals surface area contributed by atoms with Crippen LogP contribution in [0.2, 0.25) is 0 Å². The summed E-state index contributed by atoms with van der Waals surface area (Å²) in [7, 11) is 1.28. The van der Waals surface area contributed by atoms with Crippen molar-refractivity contribution in [3.05, 3.63) is 30.3 Å². The molecular weight excluding hydrogens is 454 g/mol. The Morgan fingerprint density at radius 2 is 1.77 bits per heavy atom. The van der Waals surface area contributed by atoms with Gasteiger partial charge < -0.3 is 24.3 Å². The first-order chi connectivity index (χ1) is 16.4. The van der Waals surface area contributed by atoms with Crippen molar-refractivity contribution >= 4 is 24.4 Å². The average Bonchev–Trinajstić information content (AvgIpc) is 2.80. The van der Waals surface area contributed by atoms with Crippen LogP contribution in [0.3, 0.4) is 0 Å². The summed E-state index contributed by atoms with van der Waals surface area (Å²) in [5.41, 5.74) is -1.28. The lowest BCUT2D eigenvalue weighted by atomic mass is 9.81. The Labute approximate surface area is 206 Å². The van der Waals surface area contributed by atoms with Gasteiger partial charge in [-0.3, -0.25) is 9.80 Å². The Bertz CT molecular complexity index is 883. The number of piperazine rings is 1. The molecule has 2 rings (SSSR count). The summed E-state index contributed by atoms with van der Waals surface area (Å²) in [5, 5.41) is 2.63. The van der Waals surface area contributed by atoms with E-state index >= 15 is 0 Å². The molecule has 1 aliphatic heterocycles. The normalized spacial score (nSPS) is 17.8. The molecule has 2 atom stereocenters. The van der Waals surface area contributed by atoms with E-state index in [4.69, 9.17) is 14.2 Å². The maximum absolute atomic E-state index is 12.6. The standard InChI is InChI=1S/C25H37N3O7/c1-24(2,3)35-23(32)28-15-14-27(16-19(28)21(30)33-6)13-12-25(4,5)20(17-29)26-22(31)34-18-10-8-7-9-11-18/h7-11,17,19-20H,12-16H2,1-6H3,(H,26,31). The molecule has 1 aromatic rings. The van der Waals surface area contributed by atoms with Crippen molar-refractivity contribution in [2.75, 3.05) is 33.3 Å². The predicted molar refractivity (Wildman–Crippen MR) is 129 cm³/mol. The average molecular weight is 492 g/mol. The first kappa shape index (κ1) is 28.1. The summed E-state index contributed by atoms with van der Waals surface area (Å²) < 4.78 is 15.6. The molecule has 0 aromatic heterocycles. The summed E-state index contributed by atoms with van der Waals surface area (Å²) in [6, 6.07) is 7.01. The predicted octanol–water partition coefficient (Wildman–Crippen LogP) is 2.85. The topological polar surface area (TPSA) is 114 Å². The van der Waals surface area contributed by atoms with Crippen molar-refractivity contribution in [3.63, 3.8) is 0 Å². The third-order valence-electron chi connectivity index (χ3n) is 5.84. The first-order valence-corrected chi connectivity index (χ1v) is 11.6. The summed E-state index contributed by atoms with van der Waals surface area (Å²) in [5.74, 6) is -0.139. The van der Waals surface area contributed by atoms with Crippen LogP contribution in [0.1, 0.15) is 41.0 Å². The molecule has 2 amide bonds.